The quantitative estimate of drug-likeness (QED) is 0.914. The summed E-state index contributed by atoms with van der Waals surface area (Å²) >= 11 is 0. The van der Waals surface area contributed by atoms with Crippen LogP contribution >= 0.6 is 0 Å². The molecule has 0 bridgehead atoms. The number of carbonyl (C=O) groups excluding carboxylic acids is 1. The van der Waals surface area contributed by atoms with Crippen LogP contribution in [0, 0.1) is 11.6 Å². The first kappa shape index (κ1) is 14.7. The number of benzene rings is 2. The van der Waals surface area contributed by atoms with Crippen molar-refractivity contribution >= 4 is 5.91 Å². The molecular formula is C18H17F2NO. The molecule has 1 amide bonds. The first-order valence-electron chi connectivity index (χ1n) is 7.40. The summed E-state index contributed by atoms with van der Waals surface area (Å²) in [6.45, 7) is 0.392. The molecule has 1 saturated carbocycles. The average Bonchev–Trinajstić information content (AvgIpc) is 2.47. The lowest BCUT2D eigenvalue weighted by Gasteiger charge is -2.42. The Kier molecular flexibility index (Phi) is 3.92. The van der Waals surface area contributed by atoms with Gasteiger partial charge in [0.15, 0.2) is 0 Å². The third-order valence-electron chi connectivity index (χ3n) is 4.47. The third kappa shape index (κ3) is 2.61. The highest BCUT2D eigenvalue weighted by atomic mass is 19.1. The molecule has 1 fully saturated rings. The van der Waals surface area contributed by atoms with Crippen LogP contribution in [0.15, 0.2) is 48.5 Å². The monoisotopic (exact) mass is 301 g/mol. The Morgan fingerprint density at radius 2 is 1.64 bits per heavy atom. The fourth-order valence-electron chi connectivity index (χ4n) is 3.02. The zero-order valence-electron chi connectivity index (χ0n) is 12.1. The Hall–Kier alpha value is -2.23. The van der Waals surface area contributed by atoms with Gasteiger partial charge >= 0.3 is 0 Å². The molecule has 0 unspecified atom stereocenters. The molecule has 0 heterocycles. The van der Waals surface area contributed by atoms with Gasteiger partial charge in [-0.2, -0.15) is 0 Å². The van der Waals surface area contributed by atoms with Crippen LogP contribution in [-0.4, -0.2) is 12.5 Å². The van der Waals surface area contributed by atoms with Gasteiger partial charge in [0.2, 0.25) is 0 Å². The maximum atomic E-state index is 13.6. The second-order valence-electron chi connectivity index (χ2n) is 5.78. The van der Waals surface area contributed by atoms with Gasteiger partial charge in [-0.3, -0.25) is 4.79 Å². The van der Waals surface area contributed by atoms with Gasteiger partial charge < -0.3 is 5.32 Å². The fourth-order valence-corrected chi connectivity index (χ4v) is 3.02. The lowest BCUT2D eigenvalue weighted by Crippen LogP contribution is -2.45. The normalized spacial score (nSPS) is 15.9. The molecule has 2 nitrogen and oxygen atoms in total. The van der Waals surface area contributed by atoms with E-state index >= 15 is 0 Å². The van der Waals surface area contributed by atoms with Crippen molar-refractivity contribution in [1.82, 2.24) is 5.32 Å². The molecule has 2 aromatic rings. The van der Waals surface area contributed by atoms with E-state index in [0.29, 0.717) is 6.54 Å². The standard InChI is InChI=1S/C18H17F2NO/c19-14-8-4-9-15(20)16(14)17(22)21-12-18(10-5-11-18)13-6-2-1-3-7-13/h1-4,6-9H,5,10-12H2,(H,21,22). The molecule has 0 saturated heterocycles. The van der Waals surface area contributed by atoms with Crippen molar-refractivity contribution in [1.29, 1.82) is 0 Å². The maximum Gasteiger partial charge on any atom is 0.257 e. The van der Waals surface area contributed by atoms with E-state index in [9.17, 15) is 13.6 Å². The van der Waals surface area contributed by atoms with Gasteiger partial charge in [0.05, 0.1) is 0 Å². The molecule has 0 aliphatic heterocycles. The molecular weight excluding hydrogens is 284 g/mol. The van der Waals surface area contributed by atoms with Crippen molar-refractivity contribution in [3.05, 3.63) is 71.3 Å². The van der Waals surface area contributed by atoms with Gasteiger partial charge in [-0.25, -0.2) is 8.78 Å². The molecule has 0 spiro atoms. The van der Waals surface area contributed by atoms with E-state index in [2.05, 4.69) is 5.32 Å². The van der Waals surface area contributed by atoms with Gasteiger partial charge in [-0.1, -0.05) is 42.8 Å². The number of nitrogens with one attached hydrogen (secondary N) is 1. The molecule has 1 N–H and O–H groups in total. The first-order valence-corrected chi connectivity index (χ1v) is 7.40. The molecule has 4 heteroatoms. The van der Waals surface area contributed by atoms with E-state index < -0.39 is 23.1 Å². The molecule has 114 valence electrons. The molecule has 0 aromatic heterocycles. The fraction of sp³-hybridized carbons (Fsp3) is 0.278. The van der Waals surface area contributed by atoms with Crippen molar-refractivity contribution < 1.29 is 13.6 Å². The molecule has 1 aliphatic rings. The SMILES string of the molecule is O=C(NCC1(c2ccccc2)CCC1)c1c(F)cccc1F. The summed E-state index contributed by atoms with van der Waals surface area (Å²) < 4.78 is 27.3. The number of hydrogen-bond acceptors (Lipinski definition) is 1. The second kappa shape index (κ2) is 5.87. The minimum absolute atomic E-state index is 0.112. The van der Waals surface area contributed by atoms with Crippen LogP contribution in [0.2, 0.25) is 0 Å². The van der Waals surface area contributed by atoms with Crippen LogP contribution in [0.1, 0.15) is 35.2 Å². The van der Waals surface area contributed by atoms with E-state index in [1.54, 1.807) is 0 Å². The summed E-state index contributed by atoms with van der Waals surface area (Å²) in [6.07, 6.45) is 3.03. The molecule has 3 rings (SSSR count). The Morgan fingerprint density at radius 1 is 1.00 bits per heavy atom. The Bertz CT molecular complexity index is 660. The minimum Gasteiger partial charge on any atom is -0.351 e. The first-order chi connectivity index (χ1) is 10.6. The number of halogens is 2. The van der Waals surface area contributed by atoms with Gasteiger partial charge in [0.25, 0.3) is 5.91 Å². The van der Waals surface area contributed by atoms with Crippen molar-refractivity contribution in [3.8, 4) is 0 Å². The third-order valence-corrected chi connectivity index (χ3v) is 4.47. The van der Waals surface area contributed by atoms with E-state index in [-0.39, 0.29) is 5.41 Å². The molecule has 22 heavy (non-hydrogen) atoms. The predicted molar refractivity (Wildman–Crippen MR) is 80.7 cm³/mol. The van der Waals surface area contributed by atoms with Crippen LogP contribution in [0.3, 0.4) is 0 Å². The smallest absolute Gasteiger partial charge is 0.257 e. The van der Waals surface area contributed by atoms with Crippen LogP contribution in [0.25, 0.3) is 0 Å². The Balaban J connectivity index is 1.75. The van der Waals surface area contributed by atoms with Crippen LogP contribution < -0.4 is 5.32 Å². The topological polar surface area (TPSA) is 29.1 Å². The van der Waals surface area contributed by atoms with E-state index in [1.807, 2.05) is 30.3 Å². The highest BCUT2D eigenvalue weighted by Gasteiger charge is 2.39. The summed E-state index contributed by atoms with van der Waals surface area (Å²) in [4.78, 5) is 12.1. The summed E-state index contributed by atoms with van der Waals surface area (Å²) in [5.41, 5.74) is 0.541. The molecule has 0 radical (unpaired) electrons. The van der Waals surface area contributed by atoms with Crippen molar-refractivity contribution in [3.63, 3.8) is 0 Å². The highest BCUT2D eigenvalue weighted by Crippen LogP contribution is 2.43. The summed E-state index contributed by atoms with van der Waals surface area (Å²) in [5, 5.41) is 2.70. The molecule has 0 atom stereocenters. The average molecular weight is 301 g/mol. The van der Waals surface area contributed by atoms with Crippen molar-refractivity contribution in [2.24, 2.45) is 0 Å². The summed E-state index contributed by atoms with van der Waals surface area (Å²) in [5.74, 6) is -2.36. The number of hydrogen-bond donors (Lipinski definition) is 1. The minimum atomic E-state index is -0.833. The highest BCUT2D eigenvalue weighted by molar-refractivity contribution is 5.94. The lowest BCUT2D eigenvalue weighted by atomic mass is 9.64. The summed E-state index contributed by atoms with van der Waals surface area (Å²) in [7, 11) is 0. The Labute approximate surface area is 128 Å². The van der Waals surface area contributed by atoms with E-state index in [1.165, 1.54) is 6.07 Å². The van der Waals surface area contributed by atoms with Crippen LogP contribution in [0.5, 0.6) is 0 Å². The Morgan fingerprint density at radius 3 is 2.18 bits per heavy atom. The van der Waals surface area contributed by atoms with Crippen LogP contribution in [0.4, 0.5) is 8.78 Å². The van der Waals surface area contributed by atoms with Gasteiger partial charge in [-0.15, -0.1) is 0 Å². The van der Waals surface area contributed by atoms with Gasteiger partial charge in [0, 0.05) is 12.0 Å². The second-order valence-corrected chi connectivity index (χ2v) is 5.78. The van der Waals surface area contributed by atoms with E-state index in [0.717, 1.165) is 37.0 Å². The number of carbonyl (C=O) groups is 1. The zero-order chi connectivity index (χ0) is 15.6. The summed E-state index contributed by atoms with van der Waals surface area (Å²) in [6, 6.07) is 13.4. The van der Waals surface area contributed by atoms with Crippen molar-refractivity contribution in [2.45, 2.75) is 24.7 Å². The van der Waals surface area contributed by atoms with E-state index in [4.69, 9.17) is 0 Å². The number of rotatable bonds is 4. The van der Waals surface area contributed by atoms with Gasteiger partial charge in [0.1, 0.15) is 17.2 Å². The van der Waals surface area contributed by atoms with Gasteiger partial charge in [-0.05, 0) is 30.5 Å². The van der Waals surface area contributed by atoms with Crippen molar-refractivity contribution in [2.75, 3.05) is 6.54 Å². The lowest BCUT2D eigenvalue weighted by molar-refractivity contribution is 0.0919. The number of amides is 1. The predicted octanol–water partition coefficient (Wildman–Crippen LogP) is 3.82. The molecule has 1 aliphatic carbocycles. The zero-order valence-corrected chi connectivity index (χ0v) is 12.1. The van der Waals surface area contributed by atoms with Crippen LogP contribution in [-0.2, 0) is 5.41 Å². The maximum absolute atomic E-state index is 13.6. The largest absolute Gasteiger partial charge is 0.351 e. The molecule has 2 aromatic carbocycles.